The van der Waals surface area contributed by atoms with Crippen molar-refractivity contribution in [3.05, 3.63) is 155 Å². The van der Waals surface area contributed by atoms with Crippen LogP contribution in [0.1, 0.15) is 38.2 Å². The number of rotatable bonds is 8. The van der Waals surface area contributed by atoms with E-state index in [1.54, 1.807) is 14.2 Å². The van der Waals surface area contributed by atoms with E-state index in [1.165, 1.54) is 0 Å². The van der Waals surface area contributed by atoms with Crippen LogP contribution in [0.4, 0.5) is 0 Å². The second kappa shape index (κ2) is 12.0. The zero-order chi connectivity index (χ0) is 28.9. The van der Waals surface area contributed by atoms with Crippen molar-refractivity contribution in [1.82, 2.24) is 0 Å². The third-order valence-corrected chi connectivity index (χ3v) is 7.55. The lowest BCUT2D eigenvalue weighted by Crippen LogP contribution is -2.07. The minimum Gasteiger partial charge on any atom is -0.497 e. The number of hydrogen-bond acceptors (Lipinski definition) is 3. The number of hydrogen-bond donors (Lipinski definition) is 0. The van der Waals surface area contributed by atoms with Gasteiger partial charge in [-0.1, -0.05) is 109 Å². The molecule has 204 valence electrons. The Morgan fingerprint density at radius 2 is 0.881 bits per heavy atom. The molecule has 3 heteroatoms. The normalized spacial score (nSPS) is 11.5. The lowest BCUT2D eigenvalue weighted by molar-refractivity contribution is 0.103. The maximum absolute atomic E-state index is 14.5. The first-order chi connectivity index (χ1) is 20.6. The summed E-state index contributed by atoms with van der Waals surface area (Å²) in [7, 11) is 3.32. The van der Waals surface area contributed by atoms with Crippen LogP contribution in [0.3, 0.4) is 0 Å². The molecule has 0 N–H and O–H groups in total. The molecule has 6 aromatic rings. The zero-order valence-corrected chi connectivity index (χ0v) is 23.6. The highest BCUT2D eigenvalue weighted by Crippen LogP contribution is 2.31. The molecule has 0 atom stereocenters. The average molecular weight is 547 g/mol. The van der Waals surface area contributed by atoms with Gasteiger partial charge in [0.25, 0.3) is 0 Å². The lowest BCUT2D eigenvalue weighted by Gasteiger charge is -2.13. The van der Waals surface area contributed by atoms with Gasteiger partial charge in [0.1, 0.15) is 11.5 Å². The van der Waals surface area contributed by atoms with E-state index in [2.05, 4.69) is 24.3 Å². The van der Waals surface area contributed by atoms with Crippen molar-refractivity contribution in [2.45, 2.75) is 0 Å². The first kappa shape index (κ1) is 26.8. The van der Waals surface area contributed by atoms with Crippen molar-refractivity contribution < 1.29 is 14.3 Å². The molecular formula is C39H30O3. The Bertz CT molecular complexity index is 1800. The zero-order valence-electron chi connectivity index (χ0n) is 23.6. The van der Waals surface area contributed by atoms with Crippen LogP contribution in [0.15, 0.2) is 121 Å². The molecule has 42 heavy (non-hydrogen) atoms. The molecule has 6 aromatic carbocycles. The van der Waals surface area contributed by atoms with Gasteiger partial charge < -0.3 is 9.47 Å². The maximum Gasteiger partial charge on any atom is 0.194 e. The highest BCUT2D eigenvalue weighted by atomic mass is 16.5. The van der Waals surface area contributed by atoms with Crippen molar-refractivity contribution in [1.29, 1.82) is 0 Å². The lowest BCUT2D eigenvalue weighted by atomic mass is 9.89. The van der Waals surface area contributed by atoms with Crippen LogP contribution in [-0.4, -0.2) is 20.0 Å². The van der Waals surface area contributed by atoms with E-state index in [0.717, 1.165) is 55.3 Å². The van der Waals surface area contributed by atoms with E-state index in [9.17, 15) is 4.79 Å². The van der Waals surface area contributed by atoms with E-state index >= 15 is 0 Å². The van der Waals surface area contributed by atoms with E-state index < -0.39 is 0 Å². The predicted octanol–water partition coefficient (Wildman–Crippen LogP) is 9.58. The molecule has 0 saturated carbocycles. The Balaban J connectivity index is 1.48. The second-order valence-electron chi connectivity index (χ2n) is 10.0. The van der Waals surface area contributed by atoms with E-state index in [1.807, 2.05) is 121 Å². The monoisotopic (exact) mass is 546 g/mol. The summed E-state index contributed by atoms with van der Waals surface area (Å²) in [5.74, 6) is 1.59. The van der Waals surface area contributed by atoms with Crippen LogP contribution in [0, 0.1) is 0 Å². The average Bonchev–Trinajstić information content (AvgIpc) is 3.06. The molecule has 0 heterocycles. The standard InChI is InChI=1S/C39H30O3/c1-41-31-19-11-27(12-20-31)15-23-35-33-9-5-3-7-29(33)17-25-37(35)39(40)38-26-18-30-8-4-6-10-34(30)36(38)24-16-28-13-21-32(42-2)22-14-28/h3-26H,1-2H3. The fraction of sp³-hybridized carbons (Fsp3) is 0.0513. The van der Waals surface area contributed by atoms with E-state index in [4.69, 9.17) is 9.47 Å². The van der Waals surface area contributed by atoms with E-state index in [0.29, 0.717) is 11.1 Å². The van der Waals surface area contributed by atoms with Gasteiger partial charge in [-0.3, -0.25) is 4.79 Å². The van der Waals surface area contributed by atoms with Crippen LogP contribution in [-0.2, 0) is 0 Å². The molecule has 0 aromatic heterocycles. The summed E-state index contributed by atoms with van der Waals surface area (Å²) in [6.45, 7) is 0. The van der Waals surface area contributed by atoms with Crippen molar-refractivity contribution in [3.63, 3.8) is 0 Å². The summed E-state index contributed by atoms with van der Waals surface area (Å²) in [5, 5.41) is 4.23. The Morgan fingerprint density at radius 1 is 0.476 bits per heavy atom. The predicted molar refractivity (Wildman–Crippen MR) is 175 cm³/mol. The molecule has 0 aliphatic rings. The quantitative estimate of drug-likeness (QED) is 0.141. The Labute approximate surface area is 246 Å². The van der Waals surface area contributed by atoms with Crippen molar-refractivity contribution in [2.75, 3.05) is 14.2 Å². The van der Waals surface area contributed by atoms with Crippen LogP contribution < -0.4 is 9.47 Å². The molecule has 0 saturated heterocycles. The van der Waals surface area contributed by atoms with Gasteiger partial charge in [-0.2, -0.15) is 0 Å². The third-order valence-electron chi connectivity index (χ3n) is 7.55. The van der Waals surface area contributed by atoms with Crippen LogP contribution in [0.25, 0.3) is 45.8 Å². The molecule has 0 fully saturated rings. The molecule has 0 spiro atoms. The largest absolute Gasteiger partial charge is 0.497 e. The van der Waals surface area contributed by atoms with E-state index in [-0.39, 0.29) is 5.78 Å². The van der Waals surface area contributed by atoms with Gasteiger partial charge in [-0.05, 0) is 80.2 Å². The molecule has 6 rings (SSSR count). The summed E-state index contributed by atoms with van der Waals surface area (Å²) in [6.07, 6.45) is 8.18. The molecule has 0 aliphatic heterocycles. The number of fused-ring (bicyclic) bond motifs is 2. The summed E-state index contributed by atoms with van der Waals surface area (Å²) in [4.78, 5) is 14.5. The summed E-state index contributed by atoms with van der Waals surface area (Å²) in [5.41, 5.74) is 5.16. The first-order valence-electron chi connectivity index (χ1n) is 13.9. The fourth-order valence-electron chi connectivity index (χ4n) is 5.28. The smallest absolute Gasteiger partial charge is 0.194 e. The third kappa shape index (κ3) is 5.45. The minimum absolute atomic E-state index is 0.0183. The Hall–Kier alpha value is -5.41. The van der Waals surface area contributed by atoms with Gasteiger partial charge >= 0.3 is 0 Å². The minimum atomic E-state index is -0.0183. The Kier molecular flexibility index (Phi) is 7.65. The van der Waals surface area contributed by atoms with Crippen LogP contribution >= 0.6 is 0 Å². The highest BCUT2D eigenvalue weighted by Gasteiger charge is 2.19. The molecule has 3 nitrogen and oxygen atoms in total. The van der Waals surface area contributed by atoms with Crippen LogP contribution in [0.5, 0.6) is 11.5 Å². The summed E-state index contributed by atoms with van der Waals surface area (Å²) in [6, 6.07) is 40.1. The SMILES string of the molecule is COc1ccc(C=Cc2c(C(=O)c3ccc4ccccc4c3C=Cc3ccc(OC)cc3)ccc3ccccc23)cc1. The molecule has 0 unspecified atom stereocenters. The van der Waals surface area contributed by atoms with Crippen molar-refractivity contribution >= 4 is 51.6 Å². The van der Waals surface area contributed by atoms with Crippen molar-refractivity contribution in [2.24, 2.45) is 0 Å². The number of carbonyl (C=O) groups is 1. The van der Waals surface area contributed by atoms with Gasteiger partial charge in [-0.15, -0.1) is 0 Å². The molecule has 0 aliphatic carbocycles. The highest BCUT2D eigenvalue weighted by molar-refractivity contribution is 6.18. The van der Waals surface area contributed by atoms with Crippen LogP contribution in [0.2, 0.25) is 0 Å². The maximum atomic E-state index is 14.5. The number of methoxy groups -OCH3 is 2. The fourth-order valence-corrected chi connectivity index (χ4v) is 5.28. The molecule has 0 radical (unpaired) electrons. The van der Waals surface area contributed by atoms with Gasteiger partial charge in [0.15, 0.2) is 5.78 Å². The van der Waals surface area contributed by atoms with Gasteiger partial charge in [0.2, 0.25) is 0 Å². The molecule has 0 bridgehead atoms. The van der Waals surface area contributed by atoms with Gasteiger partial charge in [0.05, 0.1) is 14.2 Å². The molecule has 0 amide bonds. The first-order valence-corrected chi connectivity index (χ1v) is 13.9. The topological polar surface area (TPSA) is 35.5 Å². The van der Waals surface area contributed by atoms with Gasteiger partial charge in [0, 0.05) is 11.1 Å². The summed E-state index contributed by atoms with van der Waals surface area (Å²) >= 11 is 0. The number of carbonyl (C=O) groups excluding carboxylic acids is 1. The Morgan fingerprint density at radius 3 is 1.29 bits per heavy atom. The van der Waals surface area contributed by atoms with Gasteiger partial charge in [-0.25, -0.2) is 0 Å². The number of benzene rings is 6. The van der Waals surface area contributed by atoms with Crippen molar-refractivity contribution in [3.8, 4) is 11.5 Å². The summed E-state index contributed by atoms with van der Waals surface area (Å²) < 4.78 is 10.6. The molecular weight excluding hydrogens is 516 g/mol. The number of ether oxygens (including phenoxy) is 2. The number of ketones is 1. The second-order valence-corrected chi connectivity index (χ2v) is 10.0.